The Bertz CT molecular complexity index is 697. The van der Waals surface area contributed by atoms with Crippen LogP contribution in [0.1, 0.15) is 39.6 Å². The molecule has 0 radical (unpaired) electrons. The van der Waals surface area contributed by atoms with Gasteiger partial charge >= 0.3 is 6.03 Å². The third kappa shape index (κ3) is 5.34. The largest absolute Gasteiger partial charge is 0.350 e. The van der Waals surface area contributed by atoms with Gasteiger partial charge < -0.3 is 16.0 Å². The first-order chi connectivity index (χ1) is 11.5. The van der Waals surface area contributed by atoms with Gasteiger partial charge in [0.1, 0.15) is 5.01 Å². The highest BCUT2D eigenvalue weighted by molar-refractivity contribution is 7.09. The van der Waals surface area contributed by atoms with E-state index in [2.05, 4.69) is 20.9 Å². The molecule has 3 amide bonds. The highest BCUT2D eigenvalue weighted by atomic mass is 32.1. The minimum absolute atomic E-state index is 0.147. The monoisotopic (exact) mass is 346 g/mol. The maximum atomic E-state index is 11.9. The lowest BCUT2D eigenvalue weighted by Gasteiger charge is -2.12. The fourth-order valence-electron chi connectivity index (χ4n) is 2.04. The average Bonchev–Trinajstić information content (AvgIpc) is 2.98. The molecule has 2 aromatic rings. The number of rotatable bonds is 6. The zero-order chi connectivity index (χ0) is 17.5. The van der Waals surface area contributed by atoms with E-state index in [1.807, 2.05) is 38.3 Å². The predicted molar refractivity (Wildman–Crippen MR) is 95.3 cm³/mol. The van der Waals surface area contributed by atoms with Crippen molar-refractivity contribution in [2.75, 3.05) is 13.1 Å². The van der Waals surface area contributed by atoms with Crippen molar-refractivity contribution in [2.24, 2.45) is 0 Å². The van der Waals surface area contributed by atoms with E-state index in [1.165, 1.54) is 11.3 Å². The Morgan fingerprint density at radius 1 is 1.12 bits per heavy atom. The molecular weight excluding hydrogens is 324 g/mol. The van der Waals surface area contributed by atoms with E-state index in [0.29, 0.717) is 18.7 Å². The van der Waals surface area contributed by atoms with Crippen LogP contribution in [0.15, 0.2) is 29.6 Å². The molecule has 0 saturated heterocycles. The van der Waals surface area contributed by atoms with E-state index < -0.39 is 0 Å². The van der Waals surface area contributed by atoms with Crippen LogP contribution < -0.4 is 16.0 Å². The quantitative estimate of drug-likeness (QED) is 0.703. The summed E-state index contributed by atoms with van der Waals surface area (Å²) in [4.78, 5) is 28.1. The molecule has 1 aromatic carbocycles. The zero-order valence-electron chi connectivity index (χ0n) is 14.1. The third-order valence-electron chi connectivity index (χ3n) is 3.36. The normalized spacial score (nSPS) is 11.6. The number of thiazole rings is 1. The lowest BCUT2D eigenvalue weighted by Crippen LogP contribution is -2.41. The summed E-state index contributed by atoms with van der Waals surface area (Å²) < 4.78 is 0. The first kappa shape index (κ1) is 17.9. The molecule has 0 aliphatic rings. The van der Waals surface area contributed by atoms with Gasteiger partial charge in [-0.2, -0.15) is 0 Å². The van der Waals surface area contributed by atoms with Gasteiger partial charge in [0.15, 0.2) is 0 Å². The fourth-order valence-corrected chi connectivity index (χ4v) is 2.84. The molecule has 0 saturated carbocycles. The van der Waals surface area contributed by atoms with Gasteiger partial charge in [-0.25, -0.2) is 9.78 Å². The van der Waals surface area contributed by atoms with E-state index in [4.69, 9.17) is 0 Å². The maximum Gasteiger partial charge on any atom is 0.315 e. The SMILES string of the molecule is Cc1ccc(C(=O)NCCNC(=O)NC(C)c2nc(C)cs2)cc1. The number of nitrogens with zero attached hydrogens (tertiary/aromatic N) is 1. The molecule has 1 unspecified atom stereocenters. The Hall–Kier alpha value is -2.41. The summed E-state index contributed by atoms with van der Waals surface area (Å²) in [5.74, 6) is -0.149. The molecule has 128 valence electrons. The van der Waals surface area contributed by atoms with Gasteiger partial charge in [0.05, 0.1) is 6.04 Å². The first-order valence-corrected chi connectivity index (χ1v) is 8.65. The summed E-state index contributed by atoms with van der Waals surface area (Å²) >= 11 is 1.52. The van der Waals surface area contributed by atoms with Crippen LogP contribution in [0.4, 0.5) is 4.79 Å². The zero-order valence-corrected chi connectivity index (χ0v) is 14.9. The molecule has 6 nitrogen and oxygen atoms in total. The minimum atomic E-state index is -0.278. The molecule has 0 aliphatic heterocycles. The molecule has 0 spiro atoms. The van der Waals surface area contributed by atoms with Crippen molar-refractivity contribution >= 4 is 23.3 Å². The van der Waals surface area contributed by atoms with Gasteiger partial charge in [0.25, 0.3) is 5.91 Å². The molecular formula is C17H22N4O2S. The van der Waals surface area contributed by atoms with Crippen LogP contribution in [-0.2, 0) is 0 Å². The van der Waals surface area contributed by atoms with E-state index in [0.717, 1.165) is 16.3 Å². The summed E-state index contributed by atoms with van der Waals surface area (Å²) in [5.41, 5.74) is 2.66. The van der Waals surface area contributed by atoms with Crippen LogP contribution in [-0.4, -0.2) is 30.0 Å². The highest BCUT2D eigenvalue weighted by Gasteiger charge is 2.12. The fraction of sp³-hybridized carbons (Fsp3) is 0.353. The second kappa shape index (κ2) is 8.44. The van der Waals surface area contributed by atoms with Gasteiger partial charge in [-0.15, -0.1) is 11.3 Å². The number of nitrogens with one attached hydrogen (secondary N) is 3. The molecule has 1 atom stereocenters. The second-order valence-corrected chi connectivity index (χ2v) is 6.46. The summed E-state index contributed by atoms with van der Waals surface area (Å²) in [6.07, 6.45) is 0. The van der Waals surface area contributed by atoms with Crippen molar-refractivity contribution in [1.29, 1.82) is 0 Å². The van der Waals surface area contributed by atoms with Crippen LogP contribution >= 0.6 is 11.3 Å². The Balaban J connectivity index is 1.67. The van der Waals surface area contributed by atoms with Gasteiger partial charge in [-0.05, 0) is 32.9 Å². The average molecular weight is 346 g/mol. The van der Waals surface area contributed by atoms with Crippen molar-refractivity contribution in [3.05, 3.63) is 51.5 Å². The first-order valence-electron chi connectivity index (χ1n) is 7.77. The van der Waals surface area contributed by atoms with Crippen LogP contribution in [0.25, 0.3) is 0 Å². The van der Waals surface area contributed by atoms with Crippen molar-refractivity contribution in [3.63, 3.8) is 0 Å². The topological polar surface area (TPSA) is 83.1 Å². The maximum absolute atomic E-state index is 11.9. The van der Waals surface area contributed by atoms with Gasteiger partial charge in [-0.1, -0.05) is 17.7 Å². The van der Waals surface area contributed by atoms with Gasteiger partial charge in [0.2, 0.25) is 0 Å². The number of carbonyl (C=O) groups excluding carboxylic acids is 2. The predicted octanol–water partition coefficient (Wildman–Crippen LogP) is 2.55. The molecule has 0 fully saturated rings. The number of aromatic nitrogens is 1. The lowest BCUT2D eigenvalue weighted by molar-refractivity contribution is 0.0954. The molecule has 7 heteroatoms. The Morgan fingerprint density at radius 3 is 2.42 bits per heavy atom. The van der Waals surface area contributed by atoms with Crippen molar-refractivity contribution < 1.29 is 9.59 Å². The standard InChI is InChI=1S/C17H22N4O2S/c1-11-4-6-14(7-5-11)15(22)18-8-9-19-17(23)21-13(3)16-20-12(2)10-24-16/h4-7,10,13H,8-9H2,1-3H3,(H,18,22)(H2,19,21,23). The van der Waals surface area contributed by atoms with Crippen LogP contribution in [0.2, 0.25) is 0 Å². The number of hydrogen-bond donors (Lipinski definition) is 3. The molecule has 2 rings (SSSR count). The molecule has 3 N–H and O–H groups in total. The van der Waals surface area contributed by atoms with Crippen LogP contribution in [0.3, 0.4) is 0 Å². The Kier molecular flexibility index (Phi) is 6.31. The van der Waals surface area contributed by atoms with Gasteiger partial charge in [0, 0.05) is 29.7 Å². The Labute approximate surface area is 145 Å². The lowest BCUT2D eigenvalue weighted by atomic mass is 10.1. The summed E-state index contributed by atoms with van der Waals surface area (Å²) in [6, 6.07) is 6.92. The molecule has 1 heterocycles. The van der Waals surface area contributed by atoms with E-state index in [-0.39, 0.29) is 18.0 Å². The van der Waals surface area contributed by atoms with Crippen molar-refractivity contribution in [2.45, 2.75) is 26.8 Å². The summed E-state index contributed by atoms with van der Waals surface area (Å²) in [5, 5.41) is 11.1. The Morgan fingerprint density at radius 2 is 1.79 bits per heavy atom. The number of benzene rings is 1. The van der Waals surface area contributed by atoms with E-state index >= 15 is 0 Å². The van der Waals surface area contributed by atoms with E-state index in [1.54, 1.807) is 12.1 Å². The summed E-state index contributed by atoms with van der Waals surface area (Å²) in [6.45, 7) is 6.50. The van der Waals surface area contributed by atoms with Crippen molar-refractivity contribution in [3.8, 4) is 0 Å². The number of hydrogen-bond acceptors (Lipinski definition) is 4. The smallest absolute Gasteiger partial charge is 0.315 e. The van der Waals surface area contributed by atoms with Crippen LogP contribution in [0, 0.1) is 13.8 Å². The van der Waals surface area contributed by atoms with E-state index in [9.17, 15) is 9.59 Å². The molecule has 0 bridgehead atoms. The second-order valence-electron chi connectivity index (χ2n) is 5.57. The minimum Gasteiger partial charge on any atom is -0.350 e. The third-order valence-corrected chi connectivity index (χ3v) is 4.51. The molecule has 24 heavy (non-hydrogen) atoms. The highest BCUT2D eigenvalue weighted by Crippen LogP contribution is 2.16. The number of carbonyl (C=O) groups is 2. The molecule has 0 aliphatic carbocycles. The van der Waals surface area contributed by atoms with Gasteiger partial charge in [-0.3, -0.25) is 4.79 Å². The number of aryl methyl sites for hydroxylation is 2. The van der Waals surface area contributed by atoms with Crippen molar-refractivity contribution in [1.82, 2.24) is 20.9 Å². The molecule has 1 aromatic heterocycles. The number of urea groups is 1. The number of amides is 3. The van der Waals surface area contributed by atoms with Crippen LogP contribution in [0.5, 0.6) is 0 Å². The summed E-state index contributed by atoms with van der Waals surface area (Å²) in [7, 11) is 0.